The van der Waals surface area contributed by atoms with E-state index >= 15 is 0 Å². The van der Waals surface area contributed by atoms with Gasteiger partial charge in [0, 0.05) is 13.3 Å². The molecule has 0 unspecified atom stereocenters. The van der Waals surface area contributed by atoms with E-state index in [4.69, 9.17) is 0 Å². The Balaban J connectivity index is 0. The summed E-state index contributed by atoms with van der Waals surface area (Å²) in [4.78, 5) is 20.2. The van der Waals surface area contributed by atoms with Gasteiger partial charge in [-0.3, -0.25) is 9.59 Å². The number of hydrogen-bond donors (Lipinski definition) is 0. The Labute approximate surface area is 162 Å². The number of unbranched alkanes of at least 4 members (excludes halogenated alkanes) is 10. The van der Waals surface area contributed by atoms with Gasteiger partial charge in [-0.2, -0.15) is 0 Å². The van der Waals surface area contributed by atoms with E-state index in [0.717, 1.165) is 0 Å². The van der Waals surface area contributed by atoms with Gasteiger partial charge in [0.2, 0.25) is 0 Å². The molecule has 0 aromatic heterocycles. The second-order valence-corrected chi connectivity index (χ2v) is 10.9. The Bertz CT molecular complexity index is 263. The zero-order valence-electron chi connectivity index (χ0n) is 16.9. The Morgan fingerprint density at radius 3 is 1.29 bits per heavy atom. The van der Waals surface area contributed by atoms with Crippen molar-refractivity contribution in [2.75, 3.05) is 0 Å². The van der Waals surface area contributed by atoms with Crippen molar-refractivity contribution in [2.45, 2.75) is 120 Å². The van der Waals surface area contributed by atoms with Crippen molar-refractivity contribution in [1.29, 1.82) is 0 Å². The van der Waals surface area contributed by atoms with Crippen molar-refractivity contribution in [1.82, 2.24) is 0 Å². The molecule has 0 amide bonds. The van der Waals surface area contributed by atoms with Gasteiger partial charge in [0.25, 0.3) is 0 Å². The van der Waals surface area contributed by atoms with E-state index in [2.05, 4.69) is 13.8 Å². The fourth-order valence-corrected chi connectivity index (χ4v) is 6.00. The molecule has 0 saturated carbocycles. The van der Waals surface area contributed by atoms with Crippen LogP contribution < -0.4 is 0 Å². The van der Waals surface area contributed by atoms with Crippen LogP contribution in [0.15, 0.2) is 0 Å². The van der Waals surface area contributed by atoms with Crippen molar-refractivity contribution in [3.05, 3.63) is 0 Å². The summed E-state index contributed by atoms with van der Waals surface area (Å²) < 4.78 is 3.31. The monoisotopic (exact) mass is 446 g/mol. The molecule has 0 saturated heterocycles. The molecule has 0 aromatic carbocycles. The molecular formula is C21H42O2Sn. The molecule has 0 aromatic rings. The van der Waals surface area contributed by atoms with Crippen LogP contribution in [0.5, 0.6) is 0 Å². The van der Waals surface area contributed by atoms with E-state index in [1.54, 1.807) is 28.6 Å². The third kappa shape index (κ3) is 24.4. The molecule has 0 aliphatic heterocycles. The molecule has 0 atom stereocenters. The Morgan fingerprint density at radius 2 is 1.00 bits per heavy atom. The zero-order valence-corrected chi connectivity index (χ0v) is 19.8. The predicted molar refractivity (Wildman–Crippen MR) is 108 cm³/mol. The Morgan fingerprint density at radius 1 is 0.625 bits per heavy atom. The zero-order chi connectivity index (χ0) is 18.5. The summed E-state index contributed by atoms with van der Waals surface area (Å²) in [6, 6.07) is 0. The van der Waals surface area contributed by atoms with Crippen molar-refractivity contribution in [3.8, 4) is 0 Å². The summed E-state index contributed by atoms with van der Waals surface area (Å²) in [7, 11) is 0. The van der Waals surface area contributed by atoms with Crippen molar-refractivity contribution in [2.24, 2.45) is 0 Å². The molecule has 0 heterocycles. The first kappa shape index (κ1) is 26.4. The van der Waals surface area contributed by atoms with Gasteiger partial charge >= 0.3 is 121 Å². The maximum atomic E-state index is 10.2. The summed E-state index contributed by atoms with van der Waals surface area (Å²) in [5.41, 5.74) is 0. The third-order valence-electron chi connectivity index (χ3n) is 4.13. The van der Waals surface area contributed by atoms with Gasteiger partial charge in [-0.15, -0.1) is 0 Å². The van der Waals surface area contributed by atoms with Gasteiger partial charge in [-0.1, -0.05) is 6.92 Å². The Kier molecular flexibility index (Phi) is 25.4. The number of hydrogen-bond acceptors (Lipinski definition) is 2. The number of ketones is 2. The average Bonchev–Trinajstić information content (AvgIpc) is 2.58. The number of carbonyl (C=O) groups excluding carboxylic acids is 2. The van der Waals surface area contributed by atoms with Crippen LogP contribution in [-0.2, 0) is 9.59 Å². The summed E-state index contributed by atoms with van der Waals surface area (Å²) >= 11 is 0.0736. The maximum absolute atomic E-state index is 10.2. The van der Waals surface area contributed by atoms with Crippen LogP contribution in [0.1, 0.15) is 111 Å². The van der Waals surface area contributed by atoms with Crippen LogP contribution in [0.4, 0.5) is 0 Å². The standard InChI is InChI=1S/2C8H17.C5H8O2.Sn/c2*1-3-5-7-8-6-4-2;1-3-5(7)4(2)6;/h2*1,3-8H2,2H3;3H2,1-2H3;. The number of rotatable bonds is 16. The molecular weight excluding hydrogens is 403 g/mol. The van der Waals surface area contributed by atoms with Crippen molar-refractivity contribution >= 4 is 32.7 Å². The summed E-state index contributed by atoms with van der Waals surface area (Å²) in [6.45, 7) is 7.56. The van der Waals surface area contributed by atoms with E-state index in [-0.39, 0.29) is 32.7 Å². The van der Waals surface area contributed by atoms with Crippen molar-refractivity contribution < 1.29 is 9.59 Å². The molecule has 0 rings (SSSR count). The average molecular weight is 445 g/mol. The van der Waals surface area contributed by atoms with E-state index < -0.39 is 0 Å². The number of carbonyl (C=O) groups is 2. The van der Waals surface area contributed by atoms with Crippen LogP contribution in [0.2, 0.25) is 8.87 Å². The van der Waals surface area contributed by atoms with E-state index in [1.165, 1.54) is 71.1 Å². The van der Waals surface area contributed by atoms with Gasteiger partial charge in [0.1, 0.15) is 0 Å². The fourth-order valence-electron chi connectivity index (χ4n) is 2.43. The van der Waals surface area contributed by atoms with Crippen LogP contribution in [0, 0.1) is 0 Å². The first-order valence-electron chi connectivity index (χ1n) is 10.3. The van der Waals surface area contributed by atoms with Gasteiger partial charge in [-0.05, 0) is 0 Å². The first-order valence-corrected chi connectivity index (χ1v) is 14.4. The summed E-state index contributed by atoms with van der Waals surface area (Å²) in [6.07, 6.45) is 18.2. The molecule has 0 bridgehead atoms. The minimum absolute atomic E-state index is 0.0736. The molecule has 24 heavy (non-hydrogen) atoms. The third-order valence-corrected chi connectivity index (χ3v) is 8.16. The quantitative estimate of drug-likeness (QED) is 0.149. The molecule has 142 valence electrons. The molecule has 0 aliphatic carbocycles. The molecule has 2 nitrogen and oxygen atoms in total. The van der Waals surface area contributed by atoms with E-state index in [0.29, 0.717) is 6.42 Å². The van der Waals surface area contributed by atoms with Crippen LogP contribution in [0.25, 0.3) is 0 Å². The fraction of sp³-hybridized carbons (Fsp3) is 0.905. The van der Waals surface area contributed by atoms with Crippen LogP contribution >= 0.6 is 0 Å². The molecule has 0 spiro atoms. The predicted octanol–water partition coefficient (Wildman–Crippen LogP) is 6.80. The van der Waals surface area contributed by atoms with Crippen LogP contribution in [0.3, 0.4) is 0 Å². The molecule has 2 radical (unpaired) electrons. The second-order valence-electron chi connectivity index (χ2n) is 6.62. The van der Waals surface area contributed by atoms with Crippen molar-refractivity contribution in [3.63, 3.8) is 0 Å². The van der Waals surface area contributed by atoms with E-state index in [9.17, 15) is 9.59 Å². The van der Waals surface area contributed by atoms with Crippen LogP contribution in [-0.4, -0.2) is 32.7 Å². The topological polar surface area (TPSA) is 34.1 Å². The van der Waals surface area contributed by atoms with Gasteiger partial charge in [-0.25, -0.2) is 0 Å². The second kappa shape index (κ2) is 23.1. The molecule has 0 aliphatic rings. The SMILES string of the molecule is CCC(=O)C(C)=O.CCCCCCC[CH2][Sn][CH2]CCCCCCC. The van der Waals surface area contributed by atoms with Gasteiger partial charge in [0.15, 0.2) is 11.6 Å². The van der Waals surface area contributed by atoms with Gasteiger partial charge in [0.05, 0.1) is 0 Å². The Hall–Kier alpha value is 0.139. The first-order chi connectivity index (χ1) is 11.6. The van der Waals surface area contributed by atoms with Gasteiger partial charge < -0.3 is 0 Å². The molecule has 0 fully saturated rings. The normalized spacial score (nSPS) is 10.2. The van der Waals surface area contributed by atoms with E-state index in [1.807, 2.05) is 0 Å². The number of Topliss-reactive ketones (excluding diaryl/α,β-unsaturated/α-hetero) is 2. The minimum atomic E-state index is -0.345. The molecule has 0 N–H and O–H groups in total. The summed E-state index contributed by atoms with van der Waals surface area (Å²) in [5, 5.41) is 0. The molecule has 3 heteroatoms. The summed E-state index contributed by atoms with van der Waals surface area (Å²) in [5.74, 6) is -0.637.